The fourth-order valence-corrected chi connectivity index (χ4v) is 5.61. The van der Waals surface area contributed by atoms with E-state index < -0.39 is 0 Å². The van der Waals surface area contributed by atoms with Crippen LogP contribution in [0.15, 0.2) is 60.7 Å². The summed E-state index contributed by atoms with van der Waals surface area (Å²) in [6.45, 7) is 5.71. The Hall–Kier alpha value is -3.03. The molecule has 184 valence electrons. The largest absolute Gasteiger partial charge is 0.466 e. The molecule has 35 heavy (non-hydrogen) atoms. The summed E-state index contributed by atoms with van der Waals surface area (Å²) < 4.78 is 19.0. The summed E-state index contributed by atoms with van der Waals surface area (Å²) in [7, 11) is 0. The molecule has 7 heteroatoms. The molecule has 1 atom stereocenters. The van der Waals surface area contributed by atoms with Crippen LogP contribution in [0.4, 0.5) is 9.39 Å². The molecule has 1 aliphatic rings. The normalized spacial score (nSPS) is 15.5. The Morgan fingerprint density at radius 1 is 1.09 bits per heavy atom. The van der Waals surface area contributed by atoms with Crippen LogP contribution < -0.4 is 5.32 Å². The first-order chi connectivity index (χ1) is 17.0. The maximum Gasteiger partial charge on any atom is 0.309 e. The Kier molecular flexibility index (Phi) is 8.31. The van der Waals surface area contributed by atoms with Gasteiger partial charge >= 0.3 is 5.97 Å². The van der Waals surface area contributed by atoms with Crippen LogP contribution in [0.3, 0.4) is 0 Å². The third-order valence-corrected chi connectivity index (χ3v) is 7.63. The molecule has 5 nitrogen and oxygen atoms in total. The summed E-state index contributed by atoms with van der Waals surface area (Å²) in [6.07, 6.45) is 2.25. The van der Waals surface area contributed by atoms with E-state index in [-0.39, 0.29) is 29.7 Å². The summed E-state index contributed by atoms with van der Waals surface area (Å²) in [5.74, 6) is -0.683. The van der Waals surface area contributed by atoms with Crippen molar-refractivity contribution in [3.63, 3.8) is 0 Å². The van der Waals surface area contributed by atoms with Gasteiger partial charge in [0.2, 0.25) is 0 Å². The average Bonchev–Trinajstić information content (AvgIpc) is 3.28. The van der Waals surface area contributed by atoms with E-state index in [0.717, 1.165) is 27.4 Å². The number of amides is 1. The van der Waals surface area contributed by atoms with Gasteiger partial charge in [-0.2, -0.15) is 0 Å². The lowest BCUT2D eigenvalue weighted by Gasteiger charge is -2.37. The Morgan fingerprint density at radius 2 is 1.77 bits per heavy atom. The lowest BCUT2D eigenvalue weighted by atomic mass is 9.91. The van der Waals surface area contributed by atoms with Gasteiger partial charge < -0.3 is 10.1 Å². The number of ether oxygens (including phenoxy) is 1. The van der Waals surface area contributed by atoms with Gasteiger partial charge in [0.25, 0.3) is 5.91 Å². The molecule has 1 aromatic heterocycles. The minimum Gasteiger partial charge on any atom is -0.466 e. The summed E-state index contributed by atoms with van der Waals surface area (Å²) in [4.78, 5) is 28.8. The van der Waals surface area contributed by atoms with Crippen LogP contribution in [0.2, 0.25) is 0 Å². The third kappa shape index (κ3) is 5.97. The zero-order valence-electron chi connectivity index (χ0n) is 20.1. The molecule has 0 spiro atoms. The maximum absolute atomic E-state index is 13.8. The van der Waals surface area contributed by atoms with E-state index in [0.29, 0.717) is 38.1 Å². The number of rotatable bonds is 8. The molecule has 0 unspecified atom stereocenters. The highest BCUT2D eigenvalue weighted by Gasteiger charge is 2.33. The minimum atomic E-state index is -0.286. The number of carbonyl (C=O) groups is 2. The summed E-state index contributed by atoms with van der Waals surface area (Å²) in [6, 6.07) is 17.7. The predicted octanol–water partition coefficient (Wildman–Crippen LogP) is 6.07. The maximum atomic E-state index is 13.8. The van der Waals surface area contributed by atoms with E-state index in [1.54, 1.807) is 23.5 Å². The number of piperidine rings is 1. The number of anilines is 1. The van der Waals surface area contributed by atoms with E-state index in [1.165, 1.54) is 12.1 Å². The van der Waals surface area contributed by atoms with Crippen molar-refractivity contribution in [1.29, 1.82) is 0 Å². The first-order valence-electron chi connectivity index (χ1n) is 12.1. The fourth-order valence-electron chi connectivity index (χ4n) is 4.58. The number of esters is 1. The third-order valence-electron chi connectivity index (χ3n) is 6.42. The van der Waals surface area contributed by atoms with Crippen molar-refractivity contribution < 1.29 is 18.7 Å². The van der Waals surface area contributed by atoms with Crippen molar-refractivity contribution in [3.8, 4) is 0 Å². The van der Waals surface area contributed by atoms with Crippen LogP contribution >= 0.6 is 11.3 Å². The van der Waals surface area contributed by atoms with Crippen LogP contribution in [0.1, 0.15) is 59.1 Å². The quantitative estimate of drug-likeness (QED) is 0.387. The molecule has 0 bridgehead atoms. The number of halogens is 1. The van der Waals surface area contributed by atoms with Crippen LogP contribution in [-0.2, 0) is 16.0 Å². The van der Waals surface area contributed by atoms with Crippen LogP contribution in [0.5, 0.6) is 0 Å². The SMILES string of the molecule is CCOC(=O)C1CCN([C@H](c2ccc(F)cc2)c2cc(CC)sc2NC(=O)c2ccccc2)CC1. The van der Waals surface area contributed by atoms with Crippen molar-refractivity contribution >= 4 is 28.2 Å². The highest BCUT2D eigenvalue weighted by atomic mass is 32.1. The van der Waals surface area contributed by atoms with Crippen LogP contribution in [-0.4, -0.2) is 36.5 Å². The van der Waals surface area contributed by atoms with Gasteiger partial charge in [0.05, 0.1) is 18.6 Å². The lowest BCUT2D eigenvalue weighted by molar-refractivity contribution is -0.149. The van der Waals surface area contributed by atoms with Gasteiger partial charge in [-0.1, -0.05) is 37.3 Å². The molecule has 1 fully saturated rings. The molecule has 1 aliphatic heterocycles. The number of thiophene rings is 1. The fraction of sp³-hybridized carbons (Fsp3) is 0.357. The second-order valence-electron chi connectivity index (χ2n) is 8.69. The number of aryl methyl sites for hydroxylation is 1. The van der Waals surface area contributed by atoms with Crippen molar-refractivity contribution in [2.24, 2.45) is 5.92 Å². The van der Waals surface area contributed by atoms with Crippen molar-refractivity contribution in [2.45, 2.75) is 39.2 Å². The van der Waals surface area contributed by atoms with Gasteiger partial charge in [-0.25, -0.2) is 4.39 Å². The number of hydrogen-bond acceptors (Lipinski definition) is 5. The van der Waals surface area contributed by atoms with Gasteiger partial charge in [0.1, 0.15) is 10.8 Å². The Balaban J connectivity index is 1.66. The second kappa shape index (κ2) is 11.6. The molecule has 0 saturated carbocycles. The molecule has 2 heterocycles. The van der Waals surface area contributed by atoms with Crippen molar-refractivity contribution in [1.82, 2.24) is 4.90 Å². The summed E-state index contributed by atoms with van der Waals surface area (Å²) >= 11 is 1.58. The highest BCUT2D eigenvalue weighted by molar-refractivity contribution is 7.16. The van der Waals surface area contributed by atoms with Gasteiger partial charge in [0, 0.05) is 16.0 Å². The van der Waals surface area contributed by atoms with Crippen molar-refractivity contribution in [3.05, 3.63) is 88.0 Å². The molecular formula is C28H31FN2O3S. The Bertz CT molecular complexity index is 1140. The molecule has 1 N–H and O–H groups in total. The molecule has 0 radical (unpaired) electrons. The van der Waals surface area contributed by atoms with E-state index in [2.05, 4.69) is 23.2 Å². The molecule has 4 rings (SSSR count). The summed E-state index contributed by atoms with van der Waals surface area (Å²) in [5.41, 5.74) is 2.55. The molecule has 3 aromatic rings. The zero-order chi connectivity index (χ0) is 24.8. The number of nitrogens with zero attached hydrogens (tertiary/aromatic N) is 1. The molecule has 2 aromatic carbocycles. The van der Waals surface area contributed by atoms with Gasteiger partial charge in [-0.3, -0.25) is 14.5 Å². The smallest absolute Gasteiger partial charge is 0.309 e. The van der Waals surface area contributed by atoms with Crippen LogP contribution in [0.25, 0.3) is 0 Å². The van der Waals surface area contributed by atoms with E-state index in [4.69, 9.17) is 4.74 Å². The number of hydrogen-bond donors (Lipinski definition) is 1. The van der Waals surface area contributed by atoms with E-state index >= 15 is 0 Å². The Morgan fingerprint density at radius 3 is 2.40 bits per heavy atom. The van der Waals surface area contributed by atoms with Gasteiger partial charge in [0.15, 0.2) is 0 Å². The first-order valence-corrected chi connectivity index (χ1v) is 13.0. The number of carbonyl (C=O) groups excluding carboxylic acids is 2. The monoisotopic (exact) mass is 494 g/mol. The highest BCUT2D eigenvalue weighted by Crippen LogP contribution is 2.41. The number of benzene rings is 2. The number of nitrogens with one attached hydrogen (secondary N) is 1. The van der Waals surface area contributed by atoms with E-state index in [1.807, 2.05) is 37.3 Å². The summed E-state index contributed by atoms with van der Waals surface area (Å²) in [5, 5.41) is 3.93. The standard InChI is InChI=1S/C28H31FN2O3S/c1-3-23-18-24(27(35-23)30-26(32)20-8-6-5-7-9-20)25(19-10-12-22(29)13-11-19)31-16-14-21(15-17-31)28(33)34-4-2/h5-13,18,21,25H,3-4,14-17H2,1-2H3,(H,30,32)/t25-/m1/s1. The minimum absolute atomic E-state index is 0.106. The average molecular weight is 495 g/mol. The van der Waals surface area contributed by atoms with Crippen molar-refractivity contribution in [2.75, 3.05) is 25.0 Å². The molecule has 0 aliphatic carbocycles. The topological polar surface area (TPSA) is 58.6 Å². The van der Waals surface area contributed by atoms with Gasteiger partial charge in [-0.05, 0) is 75.2 Å². The molecule has 1 amide bonds. The predicted molar refractivity (Wildman–Crippen MR) is 137 cm³/mol. The zero-order valence-corrected chi connectivity index (χ0v) is 20.9. The second-order valence-corrected chi connectivity index (χ2v) is 9.82. The first kappa shape index (κ1) is 25.1. The number of likely N-dealkylation sites (tertiary alicyclic amines) is 1. The molecular weight excluding hydrogens is 463 g/mol. The van der Waals surface area contributed by atoms with Gasteiger partial charge in [-0.15, -0.1) is 11.3 Å². The van der Waals surface area contributed by atoms with Crippen LogP contribution in [0, 0.1) is 11.7 Å². The lowest BCUT2D eigenvalue weighted by Crippen LogP contribution is -2.39. The molecule has 1 saturated heterocycles. The Labute approximate surface area is 209 Å². The van der Waals surface area contributed by atoms with E-state index in [9.17, 15) is 14.0 Å².